The van der Waals surface area contributed by atoms with Crippen molar-refractivity contribution >= 4 is 5.78 Å². The summed E-state index contributed by atoms with van der Waals surface area (Å²) in [6.07, 6.45) is 0. The summed E-state index contributed by atoms with van der Waals surface area (Å²) >= 11 is 0. The van der Waals surface area contributed by atoms with Crippen LogP contribution < -0.4 is 4.74 Å². The summed E-state index contributed by atoms with van der Waals surface area (Å²) in [5.74, 6) is -5.70. The van der Waals surface area contributed by atoms with Gasteiger partial charge in [0.15, 0.2) is 35.6 Å². The molecule has 0 heterocycles. The number of halogens is 4. The molecule has 0 fully saturated rings. The quantitative estimate of drug-likeness (QED) is 0.634. The van der Waals surface area contributed by atoms with Crippen molar-refractivity contribution in [1.82, 2.24) is 0 Å². The minimum absolute atomic E-state index is 0.124. The monoisotopic (exact) mass is 284 g/mol. The van der Waals surface area contributed by atoms with Crippen molar-refractivity contribution in [3.8, 4) is 5.75 Å². The normalized spacial score (nSPS) is 10.4. The van der Waals surface area contributed by atoms with E-state index in [9.17, 15) is 22.4 Å². The Labute approximate surface area is 111 Å². The smallest absolute Gasteiger partial charge is 0.200 e. The fourth-order valence-corrected chi connectivity index (χ4v) is 1.49. The van der Waals surface area contributed by atoms with Crippen LogP contribution in [0.2, 0.25) is 0 Å². The lowest BCUT2D eigenvalue weighted by Gasteiger charge is -2.07. The topological polar surface area (TPSA) is 26.3 Å². The van der Waals surface area contributed by atoms with E-state index < -0.39 is 41.4 Å². The molecular formula is C14H8F4O2. The molecule has 2 aromatic rings. The summed E-state index contributed by atoms with van der Waals surface area (Å²) in [5.41, 5.74) is -0.124. The summed E-state index contributed by atoms with van der Waals surface area (Å²) < 4.78 is 56.6. The first kappa shape index (κ1) is 14.0. The van der Waals surface area contributed by atoms with Gasteiger partial charge < -0.3 is 4.74 Å². The van der Waals surface area contributed by atoms with Gasteiger partial charge >= 0.3 is 0 Å². The second kappa shape index (κ2) is 5.73. The fraction of sp³-hybridized carbons (Fsp3) is 0.0714. The van der Waals surface area contributed by atoms with E-state index >= 15 is 0 Å². The van der Waals surface area contributed by atoms with Gasteiger partial charge in [-0.1, -0.05) is 6.07 Å². The number of Topliss-reactive ketones (excluding diaryl/α,β-unsaturated/α-hetero) is 1. The summed E-state index contributed by atoms with van der Waals surface area (Å²) in [6, 6.07) is 5.85. The van der Waals surface area contributed by atoms with E-state index in [4.69, 9.17) is 4.74 Å². The standard InChI is InChI=1S/C14H8F4O2/c15-9-5-4-8(6-11(9)17)12(19)7-20-13-3-1-2-10(16)14(13)18/h1-6H,7H2. The van der Waals surface area contributed by atoms with Crippen molar-refractivity contribution in [2.75, 3.05) is 6.61 Å². The Bertz CT molecular complexity index is 656. The van der Waals surface area contributed by atoms with Crippen LogP contribution in [0.1, 0.15) is 10.4 Å². The third kappa shape index (κ3) is 2.96. The maximum Gasteiger partial charge on any atom is 0.200 e. The number of benzene rings is 2. The zero-order chi connectivity index (χ0) is 14.7. The molecule has 0 aliphatic rings. The van der Waals surface area contributed by atoms with Crippen molar-refractivity contribution in [2.45, 2.75) is 0 Å². The molecule has 0 bridgehead atoms. The molecular weight excluding hydrogens is 276 g/mol. The minimum Gasteiger partial charge on any atom is -0.482 e. The highest BCUT2D eigenvalue weighted by Gasteiger charge is 2.13. The molecule has 20 heavy (non-hydrogen) atoms. The lowest BCUT2D eigenvalue weighted by molar-refractivity contribution is 0.0917. The minimum atomic E-state index is -1.22. The van der Waals surface area contributed by atoms with Gasteiger partial charge in [0.05, 0.1) is 0 Å². The molecule has 0 atom stereocenters. The molecule has 0 amide bonds. The Morgan fingerprint density at radius 2 is 1.70 bits per heavy atom. The summed E-state index contributed by atoms with van der Waals surface area (Å²) in [6.45, 7) is -0.620. The van der Waals surface area contributed by atoms with Crippen molar-refractivity contribution < 1.29 is 27.1 Å². The second-order valence-electron chi connectivity index (χ2n) is 3.89. The van der Waals surface area contributed by atoms with Crippen LogP contribution in [0.15, 0.2) is 36.4 Å². The average Bonchev–Trinajstić information content (AvgIpc) is 2.43. The molecule has 0 unspecified atom stereocenters. The Kier molecular flexibility index (Phi) is 4.02. The average molecular weight is 284 g/mol. The van der Waals surface area contributed by atoms with Crippen molar-refractivity contribution in [2.24, 2.45) is 0 Å². The van der Waals surface area contributed by atoms with Gasteiger partial charge in [0.1, 0.15) is 0 Å². The third-order valence-electron chi connectivity index (χ3n) is 2.52. The Hall–Kier alpha value is -2.37. The number of hydrogen-bond donors (Lipinski definition) is 0. The summed E-state index contributed by atoms with van der Waals surface area (Å²) in [7, 11) is 0. The first-order valence-electron chi connectivity index (χ1n) is 5.54. The maximum atomic E-state index is 13.3. The fourth-order valence-electron chi connectivity index (χ4n) is 1.49. The number of ether oxygens (including phenoxy) is 1. The van der Waals surface area contributed by atoms with Gasteiger partial charge in [0.2, 0.25) is 5.82 Å². The van der Waals surface area contributed by atoms with E-state index in [1.165, 1.54) is 6.07 Å². The van der Waals surface area contributed by atoms with Gasteiger partial charge in [0, 0.05) is 5.56 Å². The van der Waals surface area contributed by atoms with E-state index in [0.717, 1.165) is 24.3 Å². The molecule has 2 aromatic carbocycles. The van der Waals surface area contributed by atoms with E-state index in [0.29, 0.717) is 6.07 Å². The number of hydrogen-bond acceptors (Lipinski definition) is 2. The Morgan fingerprint density at radius 3 is 2.40 bits per heavy atom. The van der Waals surface area contributed by atoms with Crippen molar-refractivity contribution in [3.05, 3.63) is 65.2 Å². The van der Waals surface area contributed by atoms with E-state index in [1.54, 1.807) is 0 Å². The predicted molar refractivity (Wildman–Crippen MR) is 62.5 cm³/mol. The second-order valence-corrected chi connectivity index (χ2v) is 3.89. The molecule has 0 aliphatic heterocycles. The van der Waals surface area contributed by atoms with Crippen LogP contribution in [-0.2, 0) is 0 Å². The molecule has 0 radical (unpaired) electrons. The van der Waals surface area contributed by atoms with Gasteiger partial charge in [-0.05, 0) is 30.3 Å². The van der Waals surface area contributed by atoms with Gasteiger partial charge in [-0.25, -0.2) is 13.2 Å². The van der Waals surface area contributed by atoms with Gasteiger partial charge in [-0.2, -0.15) is 4.39 Å². The van der Waals surface area contributed by atoms with Crippen LogP contribution in [0, 0.1) is 23.3 Å². The zero-order valence-electron chi connectivity index (χ0n) is 10.00. The van der Waals surface area contributed by atoms with Crippen molar-refractivity contribution in [1.29, 1.82) is 0 Å². The highest BCUT2D eigenvalue weighted by molar-refractivity contribution is 5.97. The van der Waals surface area contributed by atoms with Crippen LogP contribution >= 0.6 is 0 Å². The van der Waals surface area contributed by atoms with Gasteiger partial charge in [0.25, 0.3) is 0 Å². The largest absolute Gasteiger partial charge is 0.482 e. The van der Waals surface area contributed by atoms with Crippen LogP contribution in [0.4, 0.5) is 17.6 Å². The number of carbonyl (C=O) groups excluding carboxylic acids is 1. The molecule has 0 saturated carbocycles. The van der Waals surface area contributed by atoms with Gasteiger partial charge in [-0.3, -0.25) is 4.79 Å². The summed E-state index contributed by atoms with van der Waals surface area (Å²) in [4.78, 5) is 11.6. The predicted octanol–water partition coefficient (Wildman–Crippen LogP) is 3.50. The van der Waals surface area contributed by atoms with E-state index in [2.05, 4.69) is 0 Å². The lowest BCUT2D eigenvalue weighted by atomic mass is 10.1. The summed E-state index contributed by atoms with van der Waals surface area (Å²) in [5, 5.41) is 0. The van der Waals surface area contributed by atoms with Crippen molar-refractivity contribution in [3.63, 3.8) is 0 Å². The first-order valence-corrected chi connectivity index (χ1v) is 5.54. The van der Waals surface area contributed by atoms with Crippen LogP contribution in [0.25, 0.3) is 0 Å². The molecule has 0 spiro atoms. The third-order valence-corrected chi connectivity index (χ3v) is 2.52. The Morgan fingerprint density at radius 1 is 0.950 bits per heavy atom. The van der Waals surface area contributed by atoms with Crippen LogP contribution in [-0.4, -0.2) is 12.4 Å². The molecule has 2 nitrogen and oxygen atoms in total. The van der Waals surface area contributed by atoms with E-state index in [1.807, 2.05) is 0 Å². The molecule has 2 rings (SSSR count). The maximum absolute atomic E-state index is 13.3. The zero-order valence-corrected chi connectivity index (χ0v) is 10.00. The first-order chi connectivity index (χ1) is 9.49. The number of carbonyl (C=O) groups is 1. The molecule has 0 saturated heterocycles. The Balaban J connectivity index is 2.08. The molecule has 0 aliphatic carbocycles. The lowest BCUT2D eigenvalue weighted by Crippen LogP contribution is -2.13. The molecule has 0 N–H and O–H groups in total. The highest BCUT2D eigenvalue weighted by Crippen LogP contribution is 2.19. The SMILES string of the molecule is O=C(COc1cccc(F)c1F)c1ccc(F)c(F)c1. The van der Waals surface area contributed by atoms with Crippen LogP contribution in [0.5, 0.6) is 5.75 Å². The highest BCUT2D eigenvalue weighted by atomic mass is 19.2. The molecule has 6 heteroatoms. The van der Waals surface area contributed by atoms with E-state index in [-0.39, 0.29) is 5.56 Å². The molecule has 0 aromatic heterocycles. The number of ketones is 1. The van der Waals surface area contributed by atoms with Gasteiger partial charge in [-0.15, -0.1) is 0 Å². The molecule has 104 valence electrons. The van der Waals surface area contributed by atoms with Crippen LogP contribution in [0.3, 0.4) is 0 Å². The number of rotatable bonds is 4.